The van der Waals surface area contributed by atoms with Gasteiger partial charge in [0.25, 0.3) is 0 Å². The zero-order chi connectivity index (χ0) is 9.97. The van der Waals surface area contributed by atoms with Crippen LogP contribution in [0.5, 0.6) is 0 Å². The molecule has 1 unspecified atom stereocenters. The molecule has 1 nitrogen and oxygen atoms in total. The van der Waals surface area contributed by atoms with E-state index in [1.54, 1.807) is 11.3 Å². The Morgan fingerprint density at radius 2 is 2.21 bits per heavy atom. The molecule has 0 radical (unpaired) electrons. The lowest BCUT2D eigenvalue weighted by molar-refractivity contribution is -0.120. The summed E-state index contributed by atoms with van der Waals surface area (Å²) in [4.78, 5) is 12.9. The molecule has 3 heteroatoms. The predicted octanol–water partition coefficient (Wildman–Crippen LogP) is 4.02. The van der Waals surface area contributed by atoms with Crippen LogP contribution < -0.4 is 0 Å². The highest BCUT2D eigenvalue weighted by Gasteiger charge is 2.25. The Hall–Kier alpha value is -0.340. The maximum atomic E-state index is 11.8. The molecular weight excluding hydrogens is 216 g/mol. The lowest BCUT2D eigenvalue weighted by Gasteiger charge is -2.10. The molecule has 1 heterocycles. The third kappa shape index (κ3) is 2.01. The van der Waals surface area contributed by atoms with Gasteiger partial charge in [0.2, 0.25) is 0 Å². The van der Waals surface area contributed by atoms with Crippen molar-refractivity contribution in [3.63, 3.8) is 0 Å². The Kier molecular flexibility index (Phi) is 3.24. The Balaban J connectivity index is 2.23. The molecular formula is C11H13ClOS. The monoisotopic (exact) mass is 228 g/mol. The average Bonchev–Trinajstić information content (AvgIpc) is 2.46. The maximum Gasteiger partial charge on any atom is 0.141 e. The summed E-state index contributed by atoms with van der Waals surface area (Å²) in [5.74, 6) is 0.469. The zero-order valence-electron chi connectivity index (χ0n) is 7.96. The summed E-state index contributed by atoms with van der Waals surface area (Å²) in [7, 11) is 0. The van der Waals surface area contributed by atoms with Crippen LogP contribution in [-0.4, -0.2) is 5.78 Å². The van der Waals surface area contributed by atoms with Crippen molar-refractivity contribution in [2.24, 2.45) is 0 Å². The van der Waals surface area contributed by atoms with E-state index in [-0.39, 0.29) is 5.92 Å². The molecule has 0 spiro atoms. The number of Topliss-reactive ketones (excluding diaryl/α,β-unsaturated/α-hetero) is 1. The van der Waals surface area contributed by atoms with Crippen LogP contribution in [0.1, 0.15) is 42.9 Å². The van der Waals surface area contributed by atoms with Gasteiger partial charge in [0.15, 0.2) is 0 Å². The van der Waals surface area contributed by atoms with Crippen molar-refractivity contribution >= 4 is 28.7 Å². The average molecular weight is 229 g/mol. The smallest absolute Gasteiger partial charge is 0.141 e. The molecule has 0 N–H and O–H groups in total. The number of thiophene rings is 1. The number of hydrogen-bond donors (Lipinski definition) is 0. The summed E-state index contributed by atoms with van der Waals surface area (Å²) < 4.78 is 0. The molecule has 1 saturated carbocycles. The van der Waals surface area contributed by atoms with E-state index in [1.165, 1.54) is 6.42 Å². The van der Waals surface area contributed by atoms with Gasteiger partial charge in [-0.2, -0.15) is 0 Å². The van der Waals surface area contributed by atoms with Gasteiger partial charge in [0.1, 0.15) is 5.78 Å². The van der Waals surface area contributed by atoms with Gasteiger partial charge >= 0.3 is 0 Å². The number of carbonyl (C=O) groups excluding carboxylic acids is 1. The van der Waals surface area contributed by atoms with Crippen molar-refractivity contribution in [3.05, 3.63) is 21.3 Å². The third-order valence-corrected chi connectivity index (χ3v) is 4.24. The number of carbonyl (C=O) groups is 1. The molecule has 1 fully saturated rings. The van der Waals surface area contributed by atoms with E-state index in [9.17, 15) is 4.79 Å². The van der Waals surface area contributed by atoms with Gasteiger partial charge < -0.3 is 0 Å². The highest BCUT2D eigenvalue weighted by atomic mass is 35.5. The summed E-state index contributed by atoms with van der Waals surface area (Å²) in [6.07, 6.45) is 5.12. The van der Waals surface area contributed by atoms with E-state index in [1.807, 2.05) is 11.4 Å². The third-order valence-electron chi connectivity index (χ3n) is 2.77. The summed E-state index contributed by atoms with van der Waals surface area (Å²) in [5, 5.41) is 2.74. The minimum Gasteiger partial charge on any atom is -0.299 e. The maximum absolute atomic E-state index is 11.8. The van der Waals surface area contributed by atoms with Crippen molar-refractivity contribution in [1.82, 2.24) is 0 Å². The minimum atomic E-state index is 0.0880. The molecule has 76 valence electrons. The molecule has 0 aromatic carbocycles. The number of halogens is 1. The Morgan fingerprint density at radius 1 is 1.36 bits per heavy atom. The standard InChI is InChI=1S/C11H13ClOS/c12-9-6-7-14-11(9)8-4-2-1-3-5-10(8)13/h6-8H,1-5H2. The fourth-order valence-corrected chi connectivity index (χ4v) is 3.34. The summed E-state index contributed by atoms with van der Waals surface area (Å²) in [6.45, 7) is 0. The van der Waals surface area contributed by atoms with E-state index in [0.29, 0.717) is 5.78 Å². The van der Waals surface area contributed by atoms with Gasteiger partial charge in [-0.05, 0) is 24.3 Å². The van der Waals surface area contributed by atoms with Crippen LogP contribution in [0.15, 0.2) is 11.4 Å². The second kappa shape index (κ2) is 4.45. The van der Waals surface area contributed by atoms with Gasteiger partial charge in [-0.3, -0.25) is 4.79 Å². The van der Waals surface area contributed by atoms with Crippen molar-refractivity contribution in [3.8, 4) is 0 Å². The van der Waals surface area contributed by atoms with Crippen LogP contribution in [0.2, 0.25) is 5.02 Å². The van der Waals surface area contributed by atoms with Crippen molar-refractivity contribution in [2.75, 3.05) is 0 Å². The van der Waals surface area contributed by atoms with Crippen LogP contribution in [0.4, 0.5) is 0 Å². The molecule has 0 saturated heterocycles. The lowest BCUT2D eigenvalue weighted by atomic mass is 9.97. The summed E-state index contributed by atoms with van der Waals surface area (Å²) in [5.41, 5.74) is 0. The largest absolute Gasteiger partial charge is 0.299 e. The van der Waals surface area contributed by atoms with E-state index < -0.39 is 0 Å². The molecule has 1 aliphatic carbocycles. The Morgan fingerprint density at radius 3 is 2.93 bits per heavy atom. The molecule has 0 amide bonds. The number of ketones is 1. The highest BCUT2D eigenvalue weighted by Crippen LogP contribution is 2.36. The molecule has 14 heavy (non-hydrogen) atoms. The fraction of sp³-hybridized carbons (Fsp3) is 0.545. The number of hydrogen-bond acceptors (Lipinski definition) is 2. The van der Waals surface area contributed by atoms with Crippen LogP contribution in [0, 0.1) is 0 Å². The second-order valence-corrected chi connectivity index (χ2v) is 5.11. The predicted molar refractivity (Wildman–Crippen MR) is 60.2 cm³/mol. The molecule has 1 aromatic rings. The van der Waals surface area contributed by atoms with Crippen molar-refractivity contribution in [2.45, 2.75) is 38.0 Å². The van der Waals surface area contributed by atoms with Crippen molar-refractivity contribution in [1.29, 1.82) is 0 Å². The van der Waals surface area contributed by atoms with Crippen molar-refractivity contribution < 1.29 is 4.79 Å². The van der Waals surface area contributed by atoms with Gasteiger partial charge in [-0.15, -0.1) is 11.3 Å². The van der Waals surface area contributed by atoms with E-state index in [0.717, 1.165) is 35.6 Å². The molecule has 1 aromatic heterocycles. The quantitative estimate of drug-likeness (QED) is 0.664. The first-order valence-electron chi connectivity index (χ1n) is 5.04. The lowest BCUT2D eigenvalue weighted by Crippen LogP contribution is -2.09. The van der Waals surface area contributed by atoms with Gasteiger partial charge in [-0.25, -0.2) is 0 Å². The van der Waals surface area contributed by atoms with E-state index in [2.05, 4.69) is 0 Å². The first-order valence-corrected chi connectivity index (χ1v) is 6.30. The van der Waals surface area contributed by atoms with Crippen LogP contribution in [0.3, 0.4) is 0 Å². The molecule has 1 aliphatic rings. The molecule has 2 rings (SSSR count). The fourth-order valence-electron chi connectivity index (χ4n) is 1.99. The summed E-state index contributed by atoms with van der Waals surface area (Å²) in [6, 6.07) is 1.89. The Labute approximate surface area is 93.1 Å². The normalized spacial score (nSPS) is 23.5. The SMILES string of the molecule is O=C1CCCCCC1c1sccc1Cl. The first kappa shape index (κ1) is 10.2. The van der Waals surface area contributed by atoms with Crippen LogP contribution >= 0.6 is 22.9 Å². The molecule has 1 atom stereocenters. The second-order valence-electron chi connectivity index (χ2n) is 3.75. The zero-order valence-corrected chi connectivity index (χ0v) is 9.53. The molecule has 0 aliphatic heterocycles. The first-order chi connectivity index (χ1) is 6.79. The Bertz CT molecular complexity index is 332. The number of rotatable bonds is 1. The van der Waals surface area contributed by atoms with Crippen LogP contribution in [0.25, 0.3) is 0 Å². The molecule has 0 bridgehead atoms. The topological polar surface area (TPSA) is 17.1 Å². The van der Waals surface area contributed by atoms with Gasteiger partial charge in [0, 0.05) is 11.3 Å². The van der Waals surface area contributed by atoms with Gasteiger partial charge in [0.05, 0.1) is 10.9 Å². The van der Waals surface area contributed by atoms with E-state index >= 15 is 0 Å². The minimum absolute atomic E-state index is 0.0880. The highest BCUT2D eigenvalue weighted by molar-refractivity contribution is 7.10. The van der Waals surface area contributed by atoms with E-state index in [4.69, 9.17) is 11.6 Å². The van der Waals surface area contributed by atoms with Gasteiger partial charge in [-0.1, -0.05) is 24.4 Å². The summed E-state index contributed by atoms with van der Waals surface area (Å²) >= 11 is 7.67. The van der Waals surface area contributed by atoms with Crippen LogP contribution in [-0.2, 0) is 4.79 Å².